The van der Waals surface area contributed by atoms with Crippen LogP contribution in [0.2, 0.25) is 0 Å². The van der Waals surface area contributed by atoms with Crippen LogP contribution in [0, 0.1) is 13.8 Å². The second-order valence-electron chi connectivity index (χ2n) is 4.87. The third-order valence-electron chi connectivity index (χ3n) is 3.36. The minimum Gasteiger partial charge on any atom is -0.497 e. The lowest BCUT2D eigenvalue weighted by Gasteiger charge is -2.08. The largest absolute Gasteiger partial charge is 0.497 e. The van der Waals surface area contributed by atoms with Gasteiger partial charge in [-0.05, 0) is 48.2 Å². The van der Waals surface area contributed by atoms with Crippen molar-refractivity contribution >= 4 is 0 Å². The Morgan fingerprint density at radius 1 is 0.895 bits per heavy atom. The summed E-state index contributed by atoms with van der Waals surface area (Å²) in [6.07, 6.45) is 0. The first-order valence-corrected chi connectivity index (χ1v) is 6.59. The van der Waals surface area contributed by atoms with Crippen molar-refractivity contribution < 1.29 is 4.74 Å². The summed E-state index contributed by atoms with van der Waals surface area (Å²) in [5, 5.41) is 3.46. The van der Waals surface area contributed by atoms with E-state index in [2.05, 4.69) is 49.5 Å². The monoisotopic (exact) mass is 255 g/mol. The lowest BCUT2D eigenvalue weighted by atomic mass is 10.1. The van der Waals surface area contributed by atoms with Crippen LogP contribution in [-0.2, 0) is 13.1 Å². The van der Waals surface area contributed by atoms with Gasteiger partial charge in [-0.3, -0.25) is 0 Å². The Labute approximate surface area is 115 Å². The Morgan fingerprint density at radius 2 is 1.63 bits per heavy atom. The van der Waals surface area contributed by atoms with Crippen molar-refractivity contribution in [2.24, 2.45) is 0 Å². The van der Waals surface area contributed by atoms with Gasteiger partial charge in [0.15, 0.2) is 0 Å². The van der Waals surface area contributed by atoms with E-state index in [9.17, 15) is 0 Å². The molecule has 0 fully saturated rings. The number of rotatable bonds is 5. The van der Waals surface area contributed by atoms with E-state index in [0.717, 1.165) is 18.8 Å². The Morgan fingerprint density at radius 3 is 2.32 bits per heavy atom. The molecule has 0 heterocycles. The van der Waals surface area contributed by atoms with E-state index in [1.165, 1.54) is 22.3 Å². The van der Waals surface area contributed by atoms with Gasteiger partial charge in [0.05, 0.1) is 7.11 Å². The van der Waals surface area contributed by atoms with Gasteiger partial charge in [-0.1, -0.05) is 30.3 Å². The van der Waals surface area contributed by atoms with E-state index in [4.69, 9.17) is 4.74 Å². The number of hydrogen-bond acceptors (Lipinski definition) is 2. The smallest absolute Gasteiger partial charge is 0.119 e. The van der Waals surface area contributed by atoms with E-state index < -0.39 is 0 Å². The topological polar surface area (TPSA) is 21.3 Å². The first-order valence-electron chi connectivity index (χ1n) is 6.59. The number of ether oxygens (including phenoxy) is 1. The van der Waals surface area contributed by atoms with Gasteiger partial charge in [0.2, 0.25) is 0 Å². The molecule has 0 saturated carbocycles. The molecule has 0 unspecified atom stereocenters. The summed E-state index contributed by atoms with van der Waals surface area (Å²) in [5.74, 6) is 0.908. The number of hydrogen-bond donors (Lipinski definition) is 1. The summed E-state index contributed by atoms with van der Waals surface area (Å²) < 4.78 is 5.22. The van der Waals surface area contributed by atoms with Crippen LogP contribution in [0.15, 0.2) is 42.5 Å². The maximum atomic E-state index is 5.22. The zero-order chi connectivity index (χ0) is 13.7. The molecule has 0 aliphatic carbocycles. The quantitative estimate of drug-likeness (QED) is 0.881. The SMILES string of the molecule is COc1cccc(CNCc2ccc(C)c(C)c2)c1. The normalized spacial score (nSPS) is 10.5. The lowest BCUT2D eigenvalue weighted by molar-refractivity contribution is 0.414. The van der Waals surface area contributed by atoms with Gasteiger partial charge in [0, 0.05) is 13.1 Å². The molecule has 0 aliphatic rings. The first-order chi connectivity index (χ1) is 9.19. The van der Waals surface area contributed by atoms with E-state index in [1.807, 2.05) is 12.1 Å². The maximum Gasteiger partial charge on any atom is 0.119 e. The third-order valence-corrected chi connectivity index (χ3v) is 3.36. The van der Waals surface area contributed by atoms with Gasteiger partial charge in [-0.2, -0.15) is 0 Å². The predicted molar refractivity (Wildman–Crippen MR) is 79.5 cm³/mol. The predicted octanol–water partition coefficient (Wildman–Crippen LogP) is 3.60. The molecule has 0 bridgehead atoms. The van der Waals surface area contributed by atoms with E-state index in [1.54, 1.807) is 7.11 Å². The van der Waals surface area contributed by atoms with E-state index in [0.29, 0.717) is 0 Å². The molecular formula is C17H21NO. The van der Waals surface area contributed by atoms with Crippen molar-refractivity contribution in [2.75, 3.05) is 7.11 Å². The number of methoxy groups -OCH3 is 1. The summed E-state index contributed by atoms with van der Waals surface area (Å²) >= 11 is 0. The molecule has 2 rings (SSSR count). The third kappa shape index (κ3) is 3.83. The Hall–Kier alpha value is -1.80. The molecular weight excluding hydrogens is 234 g/mol. The fraction of sp³-hybridized carbons (Fsp3) is 0.294. The minimum absolute atomic E-state index is 0.851. The Kier molecular flexibility index (Phi) is 4.58. The summed E-state index contributed by atoms with van der Waals surface area (Å²) in [6, 6.07) is 14.8. The second-order valence-corrected chi connectivity index (χ2v) is 4.87. The van der Waals surface area contributed by atoms with Crippen LogP contribution < -0.4 is 10.1 Å². The van der Waals surface area contributed by atoms with Crippen molar-refractivity contribution in [3.05, 3.63) is 64.7 Å². The molecule has 0 radical (unpaired) electrons. The highest BCUT2D eigenvalue weighted by Gasteiger charge is 1.98. The fourth-order valence-corrected chi connectivity index (χ4v) is 2.05. The number of aryl methyl sites for hydroxylation is 2. The van der Waals surface area contributed by atoms with Crippen LogP contribution in [0.25, 0.3) is 0 Å². The molecule has 0 amide bonds. The summed E-state index contributed by atoms with van der Waals surface area (Å²) in [5.41, 5.74) is 5.26. The summed E-state index contributed by atoms with van der Waals surface area (Å²) in [7, 11) is 1.70. The van der Waals surface area contributed by atoms with Crippen molar-refractivity contribution in [1.29, 1.82) is 0 Å². The standard InChI is InChI=1S/C17H21NO/c1-13-7-8-16(9-14(13)2)12-18-11-15-5-4-6-17(10-15)19-3/h4-10,18H,11-12H2,1-3H3. The zero-order valence-corrected chi connectivity index (χ0v) is 11.9. The highest BCUT2D eigenvalue weighted by atomic mass is 16.5. The fourth-order valence-electron chi connectivity index (χ4n) is 2.05. The molecule has 0 atom stereocenters. The Bertz CT molecular complexity index is 549. The molecule has 2 aromatic carbocycles. The maximum absolute atomic E-state index is 5.22. The molecule has 2 nitrogen and oxygen atoms in total. The molecule has 19 heavy (non-hydrogen) atoms. The highest BCUT2D eigenvalue weighted by molar-refractivity contribution is 5.30. The zero-order valence-electron chi connectivity index (χ0n) is 11.9. The van der Waals surface area contributed by atoms with Gasteiger partial charge in [0.25, 0.3) is 0 Å². The molecule has 0 aliphatic heterocycles. The number of nitrogens with one attached hydrogen (secondary N) is 1. The minimum atomic E-state index is 0.851. The molecule has 2 aromatic rings. The average Bonchev–Trinajstić information content (AvgIpc) is 2.43. The second kappa shape index (κ2) is 6.39. The van der Waals surface area contributed by atoms with Crippen LogP contribution >= 0.6 is 0 Å². The van der Waals surface area contributed by atoms with Crippen LogP contribution in [0.5, 0.6) is 5.75 Å². The van der Waals surface area contributed by atoms with Crippen molar-refractivity contribution in [3.63, 3.8) is 0 Å². The van der Waals surface area contributed by atoms with Gasteiger partial charge in [0.1, 0.15) is 5.75 Å². The Balaban J connectivity index is 1.90. The molecule has 0 spiro atoms. The van der Waals surface area contributed by atoms with Gasteiger partial charge >= 0.3 is 0 Å². The highest BCUT2D eigenvalue weighted by Crippen LogP contribution is 2.13. The van der Waals surface area contributed by atoms with Crippen molar-refractivity contribution in [3.8, 4) is 5.75 Å². The average molecular weight is 255 g/mol. The summed E-state index contributed by atoms with van der Waals surface area (Å²) in [6.45, 7) is 6.03. The van der Waals surface area contributed by atoms with Crippen molar-refractivity contribution in [1.82, 2.24) is 5.32 Å². The van der Waals surface area contributed by atoms with Gasteiger partial charge < -0.3 is 10.1 Å². The molecule has 2 heteroatoms. The van der Waals surface area contributed by atoms with Crippen molar-refractivity contribution in [2.45, 2.75) is 26.9 Å². The number of benzene rings is 2. The first kappa shape index (κ1) is 13.6. The molecule has 1 N–H and O–H groups in total. The summed E-state index contributed by atoms with van der Waals surface area (Å²) in [4.78, 5) is 0. The van der Waals surface area contributed by atoms with Crippen LogP contribution in [0.3, 0.4) is 0 Å². The molecule has 0 aromatic heterocycles. The van der Waals surface area contributed by atoms with Gasteiger partial charge in [-0.25, -0.2) is 0 Å². The van der Waals surface area contributed by atoms with Crippen LogP contribution in [-0.4, -0.2) is 7.11 Å². The van der Waals surface area contributed by atoms with Crippen LogP contribution in [0.1, 0.15) is 22.3 Å². The van der Waals surface area contributed by atoms with Crippen LogP contribution in [0.4, 0.5) is 0 Å². The van der Waals surface area contributed by atoms with Gasteiger partial charge in [-0.15, -0.1) is 0 Å². The molecule has 100 valence electrons. The van der Waals surface area contributed by atoms with E-state index >= 15 is 0 Å². The molecule has 0 saturated heterocycles. The lowest BCUT2D eigenvalue weighted by Crippen LogP contribution is -2.12. The van der Waals surface area contributed by atoms with E-state index in [-0.39, 0.29) is 0 Å².